The molecule has 2 atom stereocenters. The standard InChI is InChI=1S/C13H22N2O/c1-5-15-11(6-7-14-15)13(16)9-12(3,4)8-10(13)2/h6-7,10,16H,5,8-9H2,1-4H3. The van der Waals surface area contributed by atoms with Gasteiger partial charge in [0.2, 0.25) is 0 Å². The summed E-state index contributed by atoms with van der Waals surface area (Å²) in [6, 6.07) is 1.96. The van der Waals surface area contributed by atoms with Crippen molar-refractivity contribution in [1.82, 2.24) is 9.78 Å². The predicted octanol–water partition coefficient (Wildman–Crippen LogP) is 2.55. The lowest BCUT2D eigenvalue weighted by Crippen LogP contribution is -2.32. The molecule has 3 heteroatoms. The van der Waals surface area contributed by atoms with E-state index >= 15 is 0 Å². The molecule has 1 N–H and O–H groups in total. The smallest absolute Gasteiger partial charge is 0.109 e. The van der Waals surface area contributed by atoms with Crippen LogP contribution < -0.4 is 0 Å². The Labute approximate surface area is 97.5 Å². The zero-order valence-electron chi connectivity index (χ0n) is 10.7. The average molecular weight is 222 g/mol. The molecular weight excluding hydrogens is 200 g/mol. The summed E-state index contributed by atoms with van der Waals surface area (Å²) in [7, 11) is 0. The van der Waals surface area contributed by atoms with Gasteiger partial charge in [0.1, 0.15) is 5.60 Å². The molecule has 1 heterocycles. The van der Waals surface area contributed by atoms with E-state index < -0.39 is 5.60 Å². The molecule has 1 fully saturated rings. The average Bonchev–Trinajstić information content (AvgIpc) is 2.70. The van der Waals surface area contributed by atoms with Crippen LogP contribution in [0.1, 0.15) is 46.2 Å². The highest BCUT2D eigenvalue weighted by atomic mass is 16.3. The maximum Gasteiger partial charge on any atom is 0.109 e. The number of aryl methyl sites for hydroxylation is 1. The fraction of sp³-hybridized carbons (Fsp3) is 0.769. The van der Waals surface area contributed by atoms with Crippen LogP contribution in [0.2, 0.25) is 0 Å². The van der Waals surface area contributed by atoms with Crippen LogP contribution in [0.4, 0.5) is 0 Å². The second kappa shape index (κ2) is 3.59. The van der Waals surface area contributed by atoms with Crippen molar-refractivity contribution in [2.45, 2.75) is 52.7 Å². The van der Waals surface area contributed by atoms with Gasteiger partial charge >= 0.3 is 0 Å². The highest BCUT2D eigenvalue weighted by Crippen LogP contribution is 2.52. The fourth-order valence-corrected chi connectivity index (χ4v) is 3.27. The maximum atomic E-state index is 10.9. The predicted molar refractivity (Wildman–Crippen MR) is 64.0 cm³/mol. The van der Waals surface area contributed by atoms with E-state index in [0.29, 0.717) is 5.92 Å². The van der Waals surface area contributed by atoms with Gasteiger partial charge in [-0.2, -0.15) is 5.10 Å². The first kappa shape index (κ1) is 11.6. The SMILES string of the molecule is CCn1nccc1C1(O)CC(C)(C)CC1C. The fourth-order valence-electron chi connectivity index (χ4n) is 3.27. The van der Waals surface area contributed by atoms with Gasteiger partial charge in [0.25, 0.3) is 0 Å². The van der Waals surface area contributed by atoms with E-state index in [4.69, 9.17) is 0 Å². The molecule has 2 unspecified atom stereocenters. The molecule has 1 aromatic rings. The van der Waals surface area contributed by atoms with Crippen molar-refractivity contribution in [1.29, 1.82) is 0 Å². The zero-order chi connectivity index (χ0) is 12.0. The Balaban J connectivity index is 2.39. The van der Waals surface area contributed by atoms with Crippen molar-refractivity contribution in [2.75, 3.05) is 0 Å². The van der Waals surface area contributed by atoms with Crippen LogP contribution in [0.5, 0.6) is 0 Å². The first-order valence-corrected chi connectivity index (χ1v) is 6.14. The minimum absolute atomic E-state index is 0.219. The van der Waals surface area contributed by atoms with Crippen molar-refractivity contribution in [2.24, 2.45) is 11.3 Å². The third kappa shape index (κ3) is 1.67. The molecule has 90 valence electrons. The quantitative estimate of drug-likeness (QED) is 0.835. The largest absolute Gasteiger partial charge is 0.383 e. The van der Waals surface area contributed by atoms with Crippen molar-refractivity contribution >= 4 is 0 Å². The number of aromatic nitrogens is 2. The van der Waals surface area contributed by atoms with E-state index in [1.165, 1.54) is 0 Å². The Morgan fingerprint density at radius 2 is 2.25 bits per heavy atom. The van der Waals surface area contributed by atoms with Crippen LogP contribution in [0, 0.1) is 11.3 Å². The summed E-state index contributed by atoms with van der Waals surface area (Å²) in [5.41, 5.74) is 0.501. The molecule has 0 aliphatic heterocycles. The molecule has 0 amide bonds. The van der Waals surface area contributed by atoms with Crippen molar-refractivity contribution in [3.63, 3.8) is 0 Å². The summed E-state index contributed by atoms with van der Waals surface area (Å²) in [4.78, 5) is 0. The van der Waals surface area contributed by atoms with E-state index in [0.717, 1.165) is 25.1 Å². The molecule has 0 saturated heterocycles. The zero-order valence-corrected chi connectivity index (χ0v) is 10.7. The summed E-state index contributed by atoms with van der Waals surface area (Å²) >= 11 is 0. The van der Waals surface area contributed by atoms with Crippen molar-refractivity contribution < 1.29 is 5.11 Å². The van der Waals surface area contributed by atoms with Crippen molar-refractivity contribution in [3.05, 3.63) is 18.0 Å². The molecule has 3 nitrogen and oxygen atoms in total. The lowest BCUT2D eigenvalue weighted by molar-refractivity contribution is -0.00912. The van der Waals surface area contributed by atoms with Crippen LogP contribution in [0.3, 0.4) is 0 Å². The lowest BCUT2D eigenvalue weighted by Gasteiger charge is -2.29. The maximum absolute atomic E-state index is 10.9. The molecule has 0 aromatic carbocycles. The van der Waals surface area contributed by atoms with Crippen LogP contribution >= 0.6 is 0 Å². The molecule has 1 aromatic heterocycles. The Morgan fingerprint density at radius 3 is 2.75 bits per heavy atom. The molecule has 16 heavy (non-hydrogen) atoms. The Morgan fingerprint density at radius 1 is 1.56 bits per heavy atom. The van der Waals surface area contributed by atoms with Gasteiger partial charge in [-0.05, 0) is 37.2 Å². The topological polar surface area (TPSA) is 38.0 Å². The monoisotopic (exact) mass is 222 g/mol. The van der Waals surface area contributed by atoms with Gasteiger partial charge in [0, 0.05) is 12.7 Å². The molecule has 1 saturated carbocycles. The van der Waals surface area contributed by atoms with Crippen LogP contribution in [-0.2, 0) is 12.1 Å². The van der Waals surface area contributed by atoms with E-state index in [1.807, 2.05) is 10.7 Å². The highest BCUT2D eigenvalue weighted by Gasteiger charge is 2.49. The first-order valence-electron chi connectivity index (χ1n) is 6.14. The molecule has 1 aliphatic carbocycles. The third-order valence-corrected chi connectivity index (χ3v) is 3.88. The molecule has 0 radical (unpaired) electrons. The van der Waals surface area contributed by atoms with Gasteiger partial charge in [-0.1, -0.05) is 20.8 Å². The number of nitrogens with zero attached hydrogens (tertiary/aromatic N) is 2. The minimum Gasteiger partial charge on any atom is -0.383 e. The summed E-state index contributed by atoms with van der Waals surface area (Å²) in [6.07, 6.45) is 3.68. The van der Waals surface area contributed by atoms with Gasteiger partial charge in [-0.3, -0.25) is 4.68 Å². The van der Waals surface area contributed by atoms with Crippen LogP contribution in [-0.4, -0.2) is 14.9 Å². The normalized spacial score (nSPS) is 33.2. The Hall–Kier alpha value is -0.830. The minimum atomic E-state index is -0.698. The lowest BCUT2D eigenvalue weighted by atomic mass is 9.87. The van der Waals surface area contributed by atoms with E-state index in [9.17, 15) is 5.11 Å². The number of rotatable bonds is 2. The molecule has 2 rings (SSSR count). The van der Waals surface area contributed by atoms with Crippen LogP contribution in [0.15, 0.2) is 12.3 Å². The summed E-state index contributed by atoms with van der Waals surface area (Å²) in [5.74, 6) is 0.296. The molecule has 1 aliphatic rings. The molecule has 0 bridgehead atoms. The summed E-state index contributed by atoms with van der Waals surface area (Å²) < 4.78 is 1.91. The third-order valence-electron chi connectivity index (χ3n) is 3.88. The van der Waals surface area contributed by atoms with Gasteiger partial charge in [0.15, 0.2) is 0 Å². The summed E-state index contributed by atoms with van der Waals surface area (Å²) in [6.45, 7) is 9.48. The number of aliphatic hydroxyl groups is 1. The van der Waals surface area contributed by atoms with Crippen LogP contribution in [0.25, 0.3) is 0 Å². The highest BCUT2D eigenvalue weighted by molar-refractivity contribution is 5.17. The van der Waals surface area contributed by atoms with E-state index in [1.54, 1.807) is 6.20 Å². The van der Waals surface area contributed by atoms with Gasteiger partial charge < -0.3 is 5.11 Å². The Bertz CT molecular complexity index is 383. The number of hydrogen-bond acceptors (Lipinski definition) is 2. The van der Waals surface area contributed by atoms with Gasteiger partial charge in [0.05, 0.1) is 5.69 Å². The molecular formula is C13H22N2O. The van der Waals surface area contributed by atoms with E-state index in [-0.39, 0.29) is 5.41 Å². The van der Waals surface area contributed by atoms with Gasteiger partial charge in [-0.25, -0.2) is 0 Å². The summed E-state index contributed by atoms with van der Waals surface area (Å²) in [5, 5.41) is 15.2. The Kier molecular flexibility index (Phi) is 2.61. The molecule has 0 spiro atoms. The second-order valence-corrected chi connectivity index (χ2v) is 5.90. The van der Waals surface area contributed by atoms with E-state index in [2.05, 4.69) is 32.8 Å². The van der Waals surface area contributed by atoms with Crippen molar-refractivity contribution in [3.8, 4) is 0 Å². The van der Waals surface area contributed by atoms with Gasteiger partial charge in [-0.15, -0.1) is 0 Å². The number of hydrogen-bond donors (Lipinski definition) is 1. The first-order chi connectivity index (χ1) is 7.39. The second-order valence-electron chi connectivity index (χ2n) is 5.90.